The van der Waals surface area contributed by atoms with Gasteiger partial charge in [0.1, 0.15) is 0 Å². The van der Waals surface area contributed by atoms with Crippen molar-refractivity contribution in [3.63, 3.8) is 0 Å². The summed E-state index contributed by atoms with van der Waals surface area (Å²) in [6.45, 7) is 6.78. The molecule has 1 amide bonds. The van der Waals surface area contributed by atoms with Gasteiger partial charge < -0.3 is 10.2 Å². The van der Waals surface area contributed by atoms with Crippen LogP contribution in [0.15, 0.2) is 29.2 Å². The van der Waals surface area contributed by atoms with Crippen molar-refractivity contribution in [3.05, 3.63) is 29.8 Å². The molecule has 0 saturated carbocycles. The molecule has 0 radical (unpaired) electrons. The average molecular weight is 404 g/mol. The second kappa shape index (κ2) is 10.3. The largest absolute Gasteiger partial charge is 0.339 e. The highest BCUT2D eigenvalue weighted by Gasteiger charge is 2.23. The smallest absolute Gasteiger partial charge is 0.253 e. The van der Waals surface area contributed by atoms with Gasteiger partial charge in [0.2, 0.25) is 10.0 Å². The van der Waals surface area contributed by atoms with E-state index >= 15 is 0 Å². The van der Waals surface area contributed by atoms with Crippen LogP contribution in [0.4, 0.5) is 0 Å². The fourth-order valence-electron chi connectivity index (χ4n) is 2.95. The molecule has 0 atom stereocenters. The van der Waals surface area contributed by atoms with Crippen LogP contribution in [0, 0.1) is 11.8 Å². The zero-order valence-electron chi connectivity index (χ0n) is 15.7. The van der Waals surface area contributed by atoms with E-state index in [4.69, 9.17) is 0 Å². The Morgan fingerprint density at radius 1 is 1.19 bits per heavy atom. The lowest BCUT2D eigenvalue weighted by atomic mass is 9.96. The van der Waals surface area contributed by atoms with Crippen molar-refractivity contribution in [1.29, 1.82) is 0 Å². The number of benzene rings is 1. The molecule has 2 rings (SSSR count). The molecule has 1 aliphatic rings. The van der Waals surface area contributed by atoms with Gasteiger partial charge in [0.25, 0.3) is 5.91 Å². The Labute approximate surface area is 163 Å². The summed E-state index contributed by atoms with van der Waals surface area (Å²) in [6.07, 6.45) is 2.00. The number of rotatable bonds is 7. The number of sulfonamides is 1. The Bertz CT molecular complexity index is 669. The molecule has 2 N–H and O–H groups in total. The van der Waals surface area contributed by atoms with E-state index in [1.165, 1.54) is 12.1 Å². The Morgan fingerprint density at radius 3 is 2.27 bits per heavy atom. The molecular weight excluding hydrogens is 374 g/mol. The van der Waals surface area contributed by atoms with E-state index in [2.05, 4.69) is 10.0 Å². The fraction of sp³-hybridized carbons (Fsp3) is 0.611. The van der Waals surface area contributed by atoms with Gasteiger partial charge in [0, 0.05) is 25.2 Å². The van der Waals surface area contributed by atoms with E-state index in [9.17, 15) is 13.2 Å². The number of nitrogens with one attached hydrogen (secondary N) is 2. The second-order valence-corrected chi connectivity index (χ2v) is 8.83. The van der Waals surface area contributed by atoms with Gasteiger partial charge in [0.15, 0.2) is 0 Å². The number of likely N-dealkylation sites (tertiary alicyclic amines) is 1. The summed E-state index contributed by atoms with van der Waals surface area (Å²) in [6, 6.07) is 6.21. The molecule has 148 valence electrons. The van der Waals surface area contributed by atoms with Crippen molar-refractivity contribution in [2.45, 2.75) is 31.6 Å². The minimum absolute atomic E-state index is 0. The SMILES string of the molecule is CNCC1CCN(C(=O)c2ccc(S(=O)(=O)NCC(C)C)cc2)CC1.Cl. The summed E-state index contributed by atoms with van der Waals surface area (Å²) in [7, 11) is -1.57. The van der Waals surface area contributed by atoms with Crippen LogP contribution in [0.1, 0.15) is 37.0 Å². The molecule has 0 aliphatic carbocycles. The van der Waals surface area contributed by atoms with Crippen LogP contribution in [-0.2, 0) is 10.0 Å². The summed E-state index contributed by atoms with van der Waals surface area (Å²) in [5.74, 6) is 0.831. The molecule has 1 aliphatic heterocycles. The molecule has 1 saturated heterocycles. The standard InChI is InChI=1S/C18H29N3O3S.ClH/c1-14(2)12-20-25(23,24)17-6-4-16(5-7-17)18(22)21-10-8-15(9-11-21)13-19-3;/h4-7,14-15,19-20H,8-13H2,1-3H3;1H. The average Bonchev–Trinajstić information content (AvgIpc) is 2.60. The van der Waals surface area contributed by atoms with Crippen LogP contribution >= 0.6 is 12.4 Å². The Morgan fingerprint density at radius 2 is 1.77 bits per heavy atom. The third kappa shape index (κ3) is 6.23. The Balaban J connectivity index is 0.00000338. The number of hydrogen-bond donors (Lipinski definition) is 2. The normalized spacial score (nSPS) is 15.8. The third-order valence-corrected chi connectivity index (χ3v) is 5.93. The van der Waals surface area contributed by atoms with E-state index in [0.717, 1.165) is 32.5 Å². The van der Waals surface area contributed by atoms with Gasteiger partial charge in [-0.05, 0) is 62.5 Å². The van der Waals surface area contributed by atoms with Crippen molar-refractivity contribution in [1.82, 2.24) is 14.9 Å². The summed E-state index contributed by atoms with van der Waals surface area (Å²) in [5, 5.41) is 3.18. The van der Waals surface area contributed by atoms with Crippen LogP contribution in [0.3, 0.4) is 0 Å². The fourth-order valence-corrected chi connectivity index (χ4v) is 4.16. The topological polar surface area (TPSA) is 78.5 Å². The summed E-state index contributed by atoms with van der Waals surface area (Å²) < 4.78 is 27.0. The Hall–Kier alpha value is -1.15. The molecule has 1 heterocycles. The lowest BCUT2D eigenvalue weighted by Crippen LogP contribution is -2.40. The maximum absolute atomic E-state index is 12.6. The van der Waals surface area contributed by atoms with Gasteiger partial charge in [-0.2, -0.15) is 0 Å². The molecular formula is C18H30ClN3O3S. The first-order chi connectivity index (χ1) is 11.8. The third-order valence-electron chi connectivity index (χ3n) is 4.49. The second-order valence-electron chi connectivity index (χ2n) is 7.06. The van der Waals surface area contributed by atoms with E-state index < -0.39 is 10.0 Å². The maximum Gasteiger partial charge on any atom is 0.253 e. The van der Waals surface area contributed by atoms with Gasteiger partial charge in [-0.25, -0.2) is 13.1 Å². The lowest BCUT2D eigenvalue weighted by Gasteiger charge is -2.32. The monoisotopic (exact) mass is 403 g/mol. The molecule has 0 unspecified atom stereocenters. The molecule has 0 spiro atoms. The van der Waals surface area contributed by atoms with Crippen molar-refractivity contribution >= 4 is 28.3 Å². The van der Waals surface area contributed by atoms with E-state index in [1.807, 2.05) is 25.8 Å². The van der Waals surface area contributed by atoms with Gasteiger partial charge in [-0.3, -0.25) is 4.79 Å². The zero-order chi connectivity index (χ0) is 18.4. The number of hydrogen-bond acceptors (Lipinski definition) is 4. The molecule has 0 bridgehead atoms. The molecule has 1 aromatic carbocycles. The molecule has 26 heavy (non-hydrogen) atoms. The summed E-state index contributed by atoms with van der Waals surface area (Å²) in [5.41, 5.74) is 0.537. The maximum atomic E-state index is 12.6. The molecule has 1 fully saturated rings. The van der Waals surface area contributed by atoms with Crippen LogP contribution in [0.25, 0.3) is 0 Å². The van der Waals surface area contributed by atoms with Crippen LogP contribution in [0.2, 0.25) is 0 Å². The van der Waals surface area contributed by atoms with Crippen molar-refractivity contribution in [2.75, 3.05) is 33.2 Å². The number of piperidine rings is 1. The Kier molecular flexibility index (Phi) is 9.03. The highest BCUT2D eigenvalue weighted by molar-refractivity contribution is 7.89. The van der Waals surface area contributed by atoms with Gasteiger partial charge >= 0.3 is 0 Å². The highest BCUT2D eigenvalue weighted by atomic mass is 35.5. The molecule has 6 nitrogen and oxygen atoms in total. The quantitative estimate of drug-likeness (QED) is 0.730. The van der Waals surface area contributed by atoms with Crippen molar-refractivity contribution in [2.24, 2.45) is 11.8 Å². The number of amides is 1. The predicted molar refractivity (Wildman–Crippen MR) is 106 cm³/mol. The lowest BCUT2D eigenvalue weighted by molar-refractivity contribution is 0.0691. The number of halogens is 1. The van der Waals surface area contributed by atoms with Crippen LogP contribution in [-0.4, -0.2) is 52.5 Å². The first-order valence-electron chi connectivity index (χ1n) is 8.87. The van der Waals surface area contributed by atoms with E-state index in [1.54, 1.807) is 12.1 Å². The minimum Gasteiger partial charge on any atom is -0.339 e. The first kappa shape index (κ1) is 22.9. The number of carbonyl (C=O) groups is 1. The van der Waals surface area contributed by atoms with Crippen molar-refractivity contribution < 1.29 is 13.2 Å². The van der Waals surface area contributed by atoms with Gasteiger partial charge in [-0.15, -0.1) is 12.4 Å². The predicted octanol–water partition coefficient (Wildman–Crippen LogP) is 2.11. The number of nitrogens with zero attached hydrogens (tertiary/aromatic N) is 1. The highest BCUT2D eigenvalue weighted by Crippen LogP contribution is 2.19. The first-order valence-corrected chi connectivity index (χ1v) is 10.4. The van der Waals surface area contributed by atoms with Crippen LogP contribution in [0.5, 0.6) is 0 Å². The summed E-state index contributed by atoms with van der Waals surface area (Å²) in [4.78, 5) is 14.6. The van der Waals surface area contributed by atoms with E-state index in [0.29, 0.717) is 18.0 Å². The molecule has 8 heteroatoms. The van der Waals surface area contributed by atoms with Crippen molar-refractivity contribution in [3.8, 4) is 0 Å². The summed E-state index contributed by atoms with van der Waals surface area (Å²) >= 11 is 0. The van der Waals surface area contributed by atoms with Gasteiger partial charge in [-0.1, -0.05) is 13.8 Å². The molecule has 1 aromatic rings. The zero-order valence-corrected chi connectivity index (χ0v) is 17.3. The van der Waals surface area contributed by atoms with Gasteiger partial charge in [0.05, 0.1) is 4.90 Å². The molecule has 0 aromatic heterocycles. The van der Waals surface area contributed by atoms with Crippen LogP contribution < -0.4 is 10.0 Å². The minimum atomic E-state index is -3.52. The van der Waals surface area contributed by atoms with E-state index in [-0.39, 0.29) is 29.1 Å². The number of carbonyl (C=O) groups excluding carboxylic acids is 1.